The molecule has 1 saturated heterocycles. The fourth-order valence-corrected chi connectivity index (χ4v) is 9.09. The van der Waals surface area contributed by atoms with E-state index in [-0.39, 0.29) is 18.7 Å². The molecule has 0 aliphatic carbocycles. The van der Waals surface area contributed by atoms with E-state index < -0.39 is 89.8 Å². The fraction of sp³-hybridized carbons (Fsp3) is 0.615. The van der Waals surface area contributed by atoms with E-state index >= 15 is 0 Å². The zero-order valence-electron chi connectivity index (χ0n) is 42.8. The van der Waals surface area contributed by atoms with E-state index in [1.165, 1.54) is 38.2 Å². The van der Waals surface area contributed by atoms with E-state index in [1.807, 2.05) is 30.4 Å². The van der Waals surface area contributed by atoms with Crippen molar-refractivity contribution in [3.05, 3.63) is 108 Å². The number of nitrogen functional groups attached to an aromatic ring is 1. The molecule has 1 fully saturated rings. The number of allylic oxidation sites excluding steroid dienone is 12. The van der Waals surface area contributed by atoms with Gasteiger partial charge in [0.25, 0.3) is 0 Å². The summed E-state index contributed by atoms with van der Waals surface area (Å²) in [5.74, 6) is -1.44. The number of hydrogen-bond donors (Lipinski definition) is 6. The molecule has 0 aromatic carbocycles. The van der Waals surface area contributed by atoms with E-state index in [0.29, 0.717) is 32.1 Å². The predicted octanol–water partition coefficient (Wildman–Crippen LogP) is 9.64. The highest BCUT2D eigenvalue weighted by atomic mass is 31.3. The van der Waals surface area contributed by atoms with Crippen LogP contribution >= 0.6 is 15.6 Å². The lowest BCUT2D eigenvalue weighted by atomic mass is 10.1. The molecular formula is C52H83N3O16P2. The van der Waals surface area contributed by atoms with Gasteiger partial charge in [0.05, 0.1) is 19.3 Å². The van der Waals surface area contributed by atoms with Gasteiger partial charge in [-0.3, -0.25) is 23.2 Å². The molecular weight excluding hydrogens is 985 g/mol. The number of aromatic nitrogens is 2. The molecule has 2 unspecified atom stereocenters. The Morgan fingerprint density at radius 2 is 1.29 bits per heavy atom. The SMILES string of the molecule is CCCCC/C=C\C/C=C\C/C=C\CCCCCCC(=O)OC[C@H](COP(=O)(O)OP(=O)(O)OC[C@H]1O[C@@H](n2ccc(N)nc2=O)[C@H](O)[C@@H]1O)OC(=O)CCC/C=C\C/C=C\C=C\[C@@H](O)C/C=C\CCCCC. The lowest BCUT2D eigenvalue weighted by Crippen LogP contribution is -2.36. The molecule has 21 heteroatoms. The Hall–Kier alpha value is -4.10. The van der Waals surface area contributed by atoms with Crippen LogP contribution in [0.25, 0.3) is 0 Å². The van der Waals surface area contributed by atoms with Gasteiger partial charge >= 0.3 is 33.3 Å². The normalized spacial score (nSPS) is 20.1. The topological polar surface area (TPSA) is 286 Å². The van der Waals surface area contributed by atoms with Crippen LogP contribution < -0.4 is 11.4 Å². The second kappa shape index (κ2) is 39.3. The summed E-state index contributed by atoms with van der Waals surface area (Å²) in [4.78, 5) is 61.9. The van der Waals surface area contributed by atoms with Crippen molar-refractivity contribution >= 4 is 33.4 Å². The third-order valence-corrected chi connectivity index (χ3v) is 13.6. The number of nitrogens with two attached hydrogens (primary N) is 1. The maximum absolute atomic E-state index is 12.9. The standard InChI is InChI=1S/C52H83N3O16P2/c1-3-5-7-9-11-12-13-14-15-16-17-18-19-20-24-28-32-36-47(57)66-40-44(69-48(58)37-33-29-25-22-21-23-27-31-35-43(56)34-30-26-10-8-6-4-2)41-67-72(62,63)71-73(64,65)68-42-45-49(59)50(60)51(70-45)55-39-38-46(53)54-52(55)61/h11-12,14-15,17-18,22-23,25-27,30-31,35,38-39,43-45,49-51,56,59-60H,3-10,13,16,19-21,24,28-29,32-34,36-37,40-42H2,1-2H3,(H,62,63)(H,64,65)(H2,53,54,61)/b12-11-,15-14-,18-17-,25-22-,27-23-,30-26-,35-31+/t43-,44+,45+,49+,50+,51+/m0/s1. The monoisotopic (exact) mass is 1070 g/mol. The predicted molar refractivity (Wildman–Crippen MR) is 281 cm³/mol. The van der Waals surface area contributed by atoms with Crippen molar-refractivity contribution in [2.75, 3.05) is 25.6 Å². The number of phosphoric ester groups is 2. The molecule has 7 N–H and O–H groups in total. The van der Waals surface area contributed by atoms with Gasteiger partial charge in [0.15, 0.2) is 12.3 Å². The smallest absolute Gasteiger partial charge is 0.462 e. The Labute approximate surface area is 431 Å². The Balaban J connectivity index is 1.86. The summed E-state index contributed by atoms with van der Waals surface area (Å²) in [6.45, 7) is 1.93. The van der Waals surface area contributed by atoms with Gasteiger partial charge in [0.1, 0.15) is 30.7 Å². The van der Waals surface area contributed by atoms with E-state index in [4.69, 9.17) is 29.0 Å². The molecule has 412 valence electrons. The van der Waals surface area contributed by atoms with E-state index in [2.05, 4.69) is 65.7 Å². The van der Waals surface area contributed by atoms with Gasteiger partial charge in [0, 0.05) is 19.0 Å². The van der Waals surface area contributed by atoms with E-state index in [0.717, 1.165) is 68.6 Å². The molecule has 1 aliphatic heterocycles. The van der Waals surface area contributed by atoms with Crippen LogP contribution in [0.15, 0.2) is 102 Å². The summed E-state index contributed by atoms with van der Waals surface area (Å²) < 4.78 is 56.7. The minimum Gasteiger partial charge on any atom is -0.462 e. The average Bonchev–Trinajstić information content (AvgIpc) is 3.62. The maximum atomic E-state index is 12.9. The highest BCUT2D eigenvalue weighted by molar-refractivity contribution is 7.61. The van der Waals surface area contributed by atoms with Crippen molar-refractivity contribution in [1.82, 2.24) is 9.55 Å². The van der Waals surface area contributed by atoms with Crippen molar-refractivity contribution in [3.8, 4) is 0 Å². The number of carbonyl (C=O) groups excluding carboxylic acids is 2. The van der Waals surface area contributed by atoms with Gasteiger partial charge in [-0.1, -0.05) is 137 Å². The minimum atomic E-state index is -5.46. The number of anilines is 1. The van der Waals surface area contributed by atoms with Crippen LogP contribution in [0.5, 0.6) is 0 Å². The summed E-state index contributed by atoms with van der Waals surface area (Å²) in [5.41, 5.74) is 4.57. The first-order chi connectivity index (χ1) is 35.1. The number of unbranched alkanes of at least 4 members (excludes halogenated alkanes) is 11. The van der Waals surface area contributed by atoms with Gasteiger partial charge in [-0.05, 0) is 89.5 Å². The molecule has 2 heterocycles. The van der Waals surface area contributed by atoms with E-state index in [9.17, 15) is 48.6 Å². The second-order valence-electron chi connectivity index (χ2n) is 17.5. The van der Waals surface area contributed by atoms with Crippen LogP contribution in [0.1, 0.15) is 155 Å². The van der Waals surface area contributed by atoms with Gasteiger partial charge in [-0.25, -0.2) is 13.9 Å². The first-order valence-corrected chi connectivity index (χ1v) is 28.7. The van der Waals surface area contributed by atoms with Gasteiger partial charge in [-0.2, -0.15) is 9.29 Å². The first-order valence-electron chi connectivity index (χ1n) is 25.7. The summed E-state index contributed by atoms with van der Waals surface area (Å²) in [7, 11) is -10.9. The average molecular weight is 1070 g/mol. The first kappa shape index (κ1) is 65.0. The number of rotatable bonds is 41. The van der Waals surface area contributed by atoms with E-state index in [1.54, 1.807) is 12.2 Å². The van der Waals surface area contributed by atoms with Crippen molar-refractivity contribution in [3.63, 3.8) is 0 Å². The summed E-state index contributed by atoms with van der Waals surface area (Å²) >= 11 is 0. The zero-order valence-corrected chi connectivity index (χ0v) is 44.6. The molecule has 1 aromatic rings. The van der Waals surface area contributed by atoms with Gasteiger partial charge in [0.2, 0.25) is 0 Å². The Kier molecular flexibility index (Phi) is 35.0. The largest absolute Gasteiger partial charge is 0.481 e. The third kappa shape index (κ3) is 32.1. The molecule has 0 spiro atoms. The molecule has 73 heavy (non-hydrogen) atoms. The van der Waals surface area contributed by atoms with Gasteiger partial charge in [-0.15, -0.1) is 0 Å². The van der Waals surface area contributed by atoms with Crippen molar-refractivity contribution in [1.29, 1.82) is 0 Å². The molecule has 19 nitrogen and oxygen atoms in total. The minimum absolute atomic E-state index is 0.0673. The van der Waals surface area contributed by atoms with Crippen LogP contribution in [-0.4, -0.2) is 96.9 Å². The maximum Gasteiger partial charge on any atom is 0.481 e. The number of ether oxygens (including phenoxy) is 3. The summed E-state index contributed by atoms with van der Waals surface area (Å²) in [5, 5.41) is 31.0. The highest BCUT2D eigenvalue weighted by Crippen LogP contribution is 2.60. The number of aliphatic hydroxyl groups is 3. The molecule has 1 aromatic heterocycles. The van der Waals surface area contributed by atoms with Crippen molar-refractivity contribution < 1.29 is 71.4 Å². The number of carbonyl (C=O) groups is 2. The quantitative estimate of drug-likeness (QED) is 0.0117. The molecule has 0 radical (unpaired) electrons. The number of aliphatic hydroxyl groups excluding tert-OH is 3. The number of nitrogens with zero attached hydrogens (tertiary/aromatic N) is 2. The lowest BCUT2D eigenvalue weighted by Gasteiger charge is -2.21. The summed E-state index contributed by atoms with van der Waals surface area (Å²) in [6.07, 6.45) is 38.3. The van der Waals surface area contributed by atoms with Crippen molar-refractivity contribution in [2.45, 2.75) is 185 Å². The Morgan fingerprint density at radius 1 is 0.726 bits per heavy atom. The Bertz CT molecular complexity index is 2070. The van der Waals surface area contributed by atoms with Crippen LogP contribution in [-0.2, 0) is 46.3 Å². The highest BCUT2D eigenvalue weighted by Gasteiger charge is 2.46. The second-order valence-corrected chi connectivity index (χ2v) is 20.6. The molecule has 0 amide bonds. The number of esters is 2. The number of hydrogen-bond acceptors (Lipinski definition) is 16. The van der Waals surface area contributed by atoms with Crippen LogP contribution in [0, 0.1) is 0 Å². The third-order valence-electron chi connectivity index (χ3n) is 11.0. The lowest BCUT2D eigenvalue weighted by molar-refractivity contribution is -0.161. The van der Waals surface area contributed by atoms with Crippen molar-refractivity contribution in [2.24, 2.45) is 0 Å². The fourth-order valence-electron chi connectivity index (χ4n) is 6.98. The van der Waals surface area contributed by atoms with Crippen LogP contribution in [0.2, 0.25) is 0 Å². The zero-order chi connectivity index (χ0) is 53.6. The Morgan fingerprint density at radius 3 is 1.93 bits per heavy atom. The molecule has 2 rings (SSSR count). The molecule has 0 bridgehead atoms. The van der Waals surface area contributed by atoms with Gasteiger partial charge < -0.3 is 45.1 Å². The molecule has 1 aliphatic rings. The molecule has 0 saturated carbocycles. The molecule has 8 atom stereocenters. The number of phosphoric acid groups is 2. The van der Waals surface area contributed by atoms with Crippen LogP contribution in [0.3, 0.4) is 0 Å². The van der Waals surface area contributed by atoms with Crippen LogP contribution in [0.4, 0.5) is 5.82 Å². The summed E-state index contributed by atoms with van der Waals surface area (Å²) in [6, 6.07) is 1.24.